The summed E-state index contributed by atoms with van der Waals surface area (Å²) in [6.45, 7) is -0.129. The molecule has 21 heavy (non-hydrogen) atoms. The summed E-state index contributed by atoms with van der Waals surface area (Å²) in [6.07, 6.45) is -4.66. The van der Waals surface area contributed by atoms with Crippen molar-refractivity contribution in [2.75, 3.05) is 12.4 Å². The van der Waals surface area contributed by atoms with E-state index in [1.807, 2.05) is 0 Å². The van der Waals surface area contributed by atoms with Crippen LogP contribution in [0, 0.1) is 0 Å². The van der Waals surface area contributed by atoms with Gasteiger partial charge in [0.2, 0.25) is 11.7 Å². The average molecular weight is 299 g/mol. The van der Waals surface area contributed by atoms with Crippen LogP contribution in [0.25, 0.3) is 0 Å². The molecule has 2 aromatic rings. The van der Waals surface area contributed by atoms with Gasteiger partial charge in [-0.05, 0) is 17.7 Å². The zero-order valence-corrected chi connectivity index (χ0v) is 11.0. The van der Waals surface area contributed by atoms with Crippen LogP contribution in [0.15, 0.2) is 30.3 Å². The fourth-order valence-corrected chi connectivity index (χ4v) is 1.52. The van der Waals surface area contributed by atoms with Crippen molar-refractivity contribution in [2.24, 2.45) is 0 Å². The van der Waals surface area contributed by atoms with E-state index >= 15 is 0 Å². The number of aliphatic hydroxyl groups excluding tert-OH is 1. The highest BCUT2D eigenvalue weighted by atomic mass is 19.4. The number of rotatable bonds is 4. The normalized spacial score (nSPS) is 11.3. The summed E-state index contributed by atoms with van der Waals surface area (Å²) in [4.78, 5) is 6.67. The Morgan fingerprint density at radius 3 is 2.38 bits per heavy atom. The Labute approximate surface area is 118 Å². The summed E-state index contributed by atoms with van der Waals surface area (Å²) >= 11 is 0. The van der Waals surface area contributed by atoms with Crippen LogP contribution < -0.4 is 10.1 Å². The second-order valence-electron chi connectivity index (χ2n) is 4.07. The van der Waals surface area contributed by atoms with Crippen molar-refractivity contribution in [3.8, 4) is 11.6 Å². The van der Waals surface area contributed by atoms with E-state index in [1.165, 1.54) is 25.2 Å². The number of hydrogen-bond acceptors (Lipinski definition) is 5. The largest absolute Gasteiger partial charge is 0.451 e. The van der Waals surface area contributed by atoms with E-state index in [0.717, 1.165) is 0 Å². The first-order valence-electron chi connectivity index (χ1n) is 5.94. The van der Waals surface area contributed by atoms with E-state index in [-0.39, 0.29) is 18.3 Å². The molecule has 1 aromatic heterocycles. The Bertz CT molecular complexity index is 615. The SMILES string of the molecule is CNc1cc(Oc2ccc(CO)cc2)nc(C(F)(F)F)n1. The minimum atomic E-state index is -4.66. The number of hydrogen-bond donors (Lipinski definition) is 2. The van der Waals surface area contributed by atoms with Crippen LogP contribution in [-0.4, -0.2) is 22.1 Å². The number of aliphatic hydroxyl groups is 1. The van der Waals surface area contributed by atoms with Crippen LogP contribution in [0.1, 0.15) is 11.4 Å². The van der Waals surface area contributed by atoms with Gasteiger partial charge in [0, 0.05) is 13.1 Å². The van der Waals surface area contributed by atoms with Crippen molar-refractivity contribution in [1.82, 2.24) is 9.97 Å². The van der Waals surface area contributed by atoms with Gasteiger partial charge in [-0.15, -0.1) is 0 Å². The molecule has 0 radical (unpaired) electrons. The molecular formula is C13H12F3N3O2. The molecule has 0 amide bonds. The fraction of sp³-hybridized carbons (Fsp3) is 0.231. The zero-order valence-electron chi connectivity index (χ0n) is 11.0. The van der Waals surface area contributed by atoms with E-state index in [4.69, 9.17) is 9.84 Å². The lowest BCUT2D eigenvalue weighted by molar-refractivity contribution is -0.145. The molecule has 2 N–H and O–H groups in total. The minimum Gasteiger partial charge on any atom is -0.439 e. The van der Waals surface area contributed by atoms with Gasteiger partial charge < -0.3 is 15.2 Å². The number of anilines is 1. The van der Waals surface area contributed by atoms with Gasteiger partial charge in [-0.3, -0.25) is 0 Å². The van der Waals surface area contributed by atoms with Crippen LogP contribution in [0.5, 0.6) is 11.6 Å². The molecule has 0 saturated carbocycles. The monoisotopic (exact) mass is 299 g/mol. The number of benzene rings is 1. The van der Waals surface area contributed by atoms with E-state index in [1.54, 1.807) is 12.1 Å². The number of aromatic nitrogens is 2. The van der Waals surface area contributed by atoms with Crippen LogP contribution in [0.3, 0.4) is 0 Å². The first kappa shape index (κ1) is 15.0. The number of ether oxygens (including phenoxy) is 1. The van der Waals surface area contributed by atoms with Gasteiger partial charge in [-0.25, -0.2) is 4.98 Å². The van der Waals surface area contributed by atoms with Crippen LogP contribution in [-0.2, 0) is 12.8 Å². The average Bonchev–Trinajstić information content (AvgIpc) is 2.46. The van der Waals surface area contributed by atoms with Crippen molar-refractivity contribution < 1.29 is 23.0 Å². The van der Waals surface area contributed by atoms with E-state index in [2.05, 4.69) is 15.3 Å². The van der Waals surface area contributed by atoms with Gasteiger partial charge in [0.25, 0.3) is 0 Å². The molecular weight excluding hydrogens is 287 g/mol. The Kier molecular flexibility index (Phi) is 4.27. The summed E-state index contributed by atoms with van der Waals surface area (Å²) in [5, 5.41) is 11.4. The molecule has 0 aliphatic carbocycles. The van der Waals surface area contributed by atoms with Crippen LogP contribution in [0.4, 0.5) is 19.0 Å². The molecule has 0 unspecified atom stereocenters. The molecule has 0 aliphatic rings. The zero-order chi connectivity index (χ0) is 15.5. The standard InChI is InChI=1S/C13H12F3N3O2/c1-17-10-6-11(19-12(18-10)13(14,15)16)21-9-4-2-8(7-20)3-5-9/h2-6,20H,7H2,1H3,(H,17,18,19). The molecule has 0 saturated heterocycles. The van der Waals surface area contributed by atoms with Crippen molar-refractivity contribution in [3.05, 3.63) is 41.7 Å². The molecule has 112 valence electrons. The summed E-state index contributed by atoms with van der Waals surface area (Å²) < 4.78 is 43.3. The van der Waals surface area contributed by atoms with Crippen molar-refractivity contribution >= 4 is 5.82 Å². The smallest absolute Gasteiger partial charge is 0.439 e. The van der Waals surface area contributed by atoms with Gasteiger partial charge in [0.15, 0.2) is 0 Å². The molecule has 0 fully saturated rings. The lowest BCUT2D eigenvalue weighted by Crippen LogP contribution is -2.12. The summed E-state index contributed by atoms with van der Waals surface area (Å²) in [5.41, 5.74) is 0.664. The van der Waals surface area contributed by atoms with Gasteiger partial charge in [0.1, 0.15) is 11.6 Å². The molecule has 1 heterocycles. The predicted octanol–water partition coefficient (Wildman–Crippen LogP) is 2.82. The molecule has 0 atom stereocenters. The maximum atomic E-state index is 12.7. The Morgan fingerprint density at radius 2 is 1.86 bits per heavy atom. The van der Waals surface area contributed by atoms with Gasteiger partial charge >= 0.3 is 6.18 Å². The Morgan fingerprint density at radius 1 is 1.19 bits per heavy atom. The third-order valence-corrected chi connectivity index (χ3v) is 2.54. The highest BCUT2D eigenvalue weighted by Crippen LogP contribution is 2.30. The maximum absolute atomic E-state index is 12.7. The van der Waals surface area contributed by atoms with E-state index in [9.17, 15) is 13.2 Å². The lowest BCUT2D eigenvalue weighted by Gasteiger charge is -2.11. The summed E-state index contributed by atoms with van der Waals surface area (Å²) in [5.74, 6) is -1.20. The first-order chi connectivity index (χ1) is 9.92. The van der Waals surface area contributed by atoms with Crippen molar-refractivity contribution in [1.29, 1.82) is 0 Å². The molecule has 1 aromatic carbocycles. The molecule has 0 spiro atoms. The van der Waals surface area contributed by atoms with Gasteiger partial charge in [-0.1, -0.05) is 12.1 Å². The highest BCUT2D eigenvalue weighted by Gasteiger charge is 2.35. The quantitative estimate of drug-likeness (QED) is 0.908. The fourth-order valence-electron chi connectivity index (χ4n) is 1.52. The van der Waals surface area contributed by atoms with Crippen LogP contribution in [0.2, 0.25) is 0 Å². The topological polar surface area (TPSA) is 67.3 Å². The van der Waals surface area contributed by atoms with E-state index < -0.39 is 12.0 Å². The van der Waals surface area contributed by atoms with Crippen molar-refractivity contribution in [2.45, 2.75) is 12.8 Å². The summed E-state index contributed by atoms with van der Waals surface area (Å²) in [6, 6.07) is 7.51. The molecule has 8 heteroatoms. The second-order valence-corrected chi connectivity index (χ2v) is 4.07. The number of nitrogens with one attached hydrogen (secondary N) is 1. The molecule has 2 rings (SSSR count). The second kappa shape index (κ2) is 5.96. The first-order valence-corrected chi connectivity index (χ1v) is 5.94. The third kappa shape index (κ3) is 3.82. The minimum absolute atomic E-state index is 0.000645. The molecule has 0 bridgehead atoms. The Hall–Kier alpha value is -2.35. The maximum Gasteiger partial charge on any atom is 0.451 e. The molecule has 0 aliphatic heterocycles. The van der Waals surface area contributed by atoms with Gasteiger partial charge in [-0.2, -0.15) is 18.2 Å². The third-order valence-electron chi connectivity index (χ3n) is 2.54. The van der Waals surface area contributed by atoms with Gasteiger partial charge in [0.05, 0.1) is 6.61 Å². The lowest BCUT2D eigenvalue weighted by atomic mass is 10.2. The number of nitrogens with zero attached hydrogens (tertiary/aromatic N) is 2. The van der Waals surface area contributed by atoms with E-state index in [0.29, 0.717) is 11.3 Å². The van der Waals surface area contributed by atoms with Crippen molar-refractivity contribution in [3.63, 3.8) is 0 Å². The molecule has 5 nitrogen and oxygen atoms in total. The highest BCUT2D eigenvalue weighted by molar-refractivity contribution is 5.40. The predicted molar refractivity (Wildman–Crippen MR) is 69.0 cm³/mol. The number of alkyl halides is 3. The number of halogens is 3. The Balaban J connectivity index is 2.29. The summed E-state index contributed by atoms with van der Waals surface area (Å²) in [7, 11) is 1.45. The van der Waals surface area contributed by atoms with Crippen LogP contribution >= 0.6 is 0 Å².